The van der Waals surface area contributed by atoms with Crippen LogP contribution in [0.4, 0.5) is 8.78 Å². The molecule has 1 aromatic carbocycles. The number of halogens is 2. The van der Waals surface area contributed by atoms with Crippen molar-refractivity contribution in [2.24, 2.45) is 0 Å². The van der Waals surface area contributed by atoms with Crippen LogP contribution in [-0.2, 0) is 4.74 Å². The number of benzene rings is 1. The van der Waals surface area contributed by atoms with Gasteiger partial charge in [-0.1, -0.05) is 0 Å². The van der Waals surface area contributed by atoms with Crippen molar-refractivity contribution in [2.75, 3.05) is 6.61 Å². The molecule has 0 aliphatic carbocycles. The van der Waals surface area contributed by atoms with Crippen molar-refractivity contribution in [3.05, 3.63) is 29.8 Å². The van der Waals surface area contributed by atoms with Gasteiger partial charge in [-0.25, -0.2) is 0 Å². The average Bonchev–Trinajstić information content (AvgIpc) is 2.26. The van der Waals surface area contributed by atoms with Gasteiger partial charge in [0.2, 0.25) is 0 Å². The maximum absolute atomic E-state index is 11.9. The third-order valence-electron chi connectivity index (χ3n) is 1.95. The van der Waals surface area contributed by atoms with Gasteiger partial charge in [0, 0.05) is 5.56 Å². The quantitative estimate of drug-likeness (QED) is 0.722. The molecular weight excluding hydrogens is 230 g/mol. The fourth-order valence-corrected chi connectivity index (χ4v) is 1.15. The monoisotopic (exact) mass is 244 g/mol. The first kappa shape index (κ1) is 13.6. The van der Waals surface area contributed by atoms with E-state index in [0.717, 1.165) is 0 Å². The highest BCUT2D eigenvalue weighted by Crippen LogP contribution is 2.15. The summed E-state index contributed by atoms with van der Waals surface area (Å²) in [5.41, 5.74) is 0.410. The van der Waals surface area contributed by atoms with Crippen LogP contribution in [0.5, 0.6) is 5.75 Å². The number of ketones is 1. The van der Waals surface area contributed by atoms with Crippen LogP contribution < -0.4 is 4.74 Å². The minimum atomic E-state index is -2.86. The molecule has 0 aliphatic rings. The molecule has 0 heterocycles. The van der Waals surface area contributed by atoms with Crippen LogP contribution in [0.15, 0.2) is 24.3 Å². The number of hydrogen-bond acceptors (Lipinski definition) is 3. The van der Waals surface area contributed by atoms with E-state index >= 15 is 0 Å². The number of carbonyl (C=O) groups is 1. The van der Waals surface area contributed by atoms with Crippen molar-refractivity contribution in [3.8, 4) is 5.75 Å². The molecule has 94 valence electrons. The summed E-state index contributed by atoms with van der Waals surface area (Å²) < 4.78 is 33.1. The smallest absolute Gasteiger partial charge is 0.387 e. The fourth-order valence-electron chi connectivity index (χ4n) is 1.15. The van der Waals surface area contributed by atoms with Gasteiger partial charge in [-0.3, -0.25) is 4.79 Å². The SMILES string of the molecule is CC(C)OCC(=O)c1ccc(OC(F)F)cc1. The zero-order valence-electron chi connectivity index (χ0n) is 9.65. The van der Waals surface area contributed by atoms with Crippen molar-refractivity contribution in [2.45, 2.75) is 26.6 Å². The van der Waals surface area contributed by atoms with Crippen LogP contribution >= 0.6 is 0 Å². The summed E-state index contributed by atoms with van der Waals surface area (Å²) in [6.45, 7) is 0.771. The molecule has 0 atom stereocenters. The predicted octanol–water partition coefficient (Wildman–Crippen LogP) is 2.90. The highest BCUT2D eigenvalue weighted by atomic mass is 19.3. The van der Waals surface area contributed by atoms with E-state index in [9.17, 15) is 13.6 Å². The molecule has 0 amide bonds. The summed E-state index contributed by atoms with van der Waals surface area (Å²) in [5, 5.41) is 0. The summed E-state index contributed by atoms with van der Waals surface area (Å²) in [7, 11) is 0. The van der Waals surface area contributed by atoms with Crippen molar-refractivity contribution >= 4 is 5.78 Å². The first-order chi connectivity index (χ1) is 7.99. The fraction of sp³-hybridized carbons (Fsp3) is 0.417. The van der Waals surface area contributed by atoms with Crippen molar-refractivity contribution in [1.82, 2.24) is 0 Å². The van der Waals surface area contributed by atoms with Crippen LogP contribution in [0.25, 0.3) is 0 Å². The minimum absolute atomic E-state index is 0.0211. The Labute approximate surface area is 98.3 Å². The zero-order chi connectivity index (χ0) is 12.8. The van der Waals surface area contributed by atoms with Crippen LogP contribution in [0.1, 0.15) is 24.2 Å². The molecule has 0 unspecified atom stereocenters. The molecule has 17 heavy (non-hydrogen) atoms. The van der Waals surface area contributed by atoms with Crippen molar-refractivity contribution in [3.63, 3.8) is 0 Å². The lowest BCUT2D eigenvalue weighted by Gasteiger charge is -2.07. The molecule has 0 fully saturated rings. The number of Topliss-reactive ketones (excluding diaryl/α,β-unsaturated/α-hetero) is 1. The number of ether oxygens (including phenoxy) is 2. The summed E-state index contributed by atoms with van der Waals surface area (Å²) in [6, 6.07) is 5.52. The summed E-state index contributed by atoms with van der Waals surface area (Å²) >= 11 is 0. The molecule has 0 aromatic heterocycles. The van der Waals surface area contributed by atoms with Gasteiger partial charge in [0.05, 0.1) is 6.10 Å². The van der Waals surface area contributed by atoms with Gasteiger partial charge in [0.15, 0.2) is 5.78 Å². The van der Waals surface area contributed by atoms with Gasteiger partial charge in [-0.15, -0.1) is 0 Å². The summed E-state index contributed by atoms with van der Waals surface area (Å²) in [6.07, 6.45) is -0.0274. The van der Waals surface area contributed by atoms with E-state index in [1.807, 2.05) is 13.8 Å². The Kier molecular flexibility index (Phi) is 5.03. The highest BCUT2D eigenvalue weighted by molar-refractivity contribution is 5.97. The Balaban J connectivity index is 2.57. The minimum Gasteiger partial charge on any atom is -0.435 e. The number of carbonyl (C=O) groups excluding carboxylic acids is 1. The normalized spacial score (nSPS) is 10.9. The lowest BCUT2D eigenvalue weighted by Crippen LogP contribution is -2.13. The van der Waals surface area contributed by atoms with Gasteiger partial charge >= 0.3 is 6.61 Å². The third kappa shape index (κ3) is 4.91. The van der Waals surface area contributed by atoms with E-state index in [4.69, 9.17) is 4.74 Å². The third-order valence-corrected chi connectivity index (χ3v) is 1.95. The second kappa shape index (κ2) is 6.30. The molecule has 0 bridgehead atoms. The summed E-state index contributed by atoms with van der Waals surface area (Å²) in [5.74, 6) is -0.163. The molecule has 3 nitrogen and oxygen atoms in total. The summed E-state index contributed by atoms with van der Waals surface area (Å²) in [4.78, 5) is 11.6. The van der Waals surface area contributed by atoms with E-state index in [0.29, 0.717) is 5.56 Å². The molecule has 0 N–H and O–H groups in total. The maximum atomic E-state index is 11.9. The first-order valence-electron chi connectivity index (χ1n) is 5.18. The Morgan fingerprint density at radius 3 is 2.29 bits per heavy atom. The average molecular weight is 244 g/mol. The maximum Gasteiger partial charge on any atom is 0.387 e. The molecule has 0 spiro atoms. The van der Waals surface area contributed by atoms with Gasteiger partial charge in [-0.05, 0) is 38.1 Å². The van der Waals surface area contributed by atoms with Crippen LogP contribution in [0, 0.1) is 0 Å². The van der Waals surface area contributed by atoms with E-state index in [2.05, 4.69) is 4.74 Å². The lowest BCUT2D eigenvalue weighted by molar-refractivity contribution is -0.0498. The van der Waals surface area contributed by atoms with E-state index in [-0.39, 0.29) is 24.2 Å². The largest absolute Gasteiger partial charge is 0.435 e. The second-order valence-electron chi connectivity index (χ2n) is 3.69. The van der Waals surface area contributed by atoms with Crippen LogP contribution in [0.3, 0.4) is 0 Å². The van der Waals surface area contributed by atoms with E-state index in [1.54, 1.807) is 0 Å². The van der Waals surface area contributed by atoms with E-state index in [1.165, 1.54) is 24.3 Å². The molecule has 1 aromatic rings. The van der Waals surface area contributed by atoms with Crippen molar-refractivity contribution < 1.29 is 23.0 Å². The highest BCUT2D eigenvalue weighted by Gasteiger charge is 2.08. The van der Waals surface area contributed by atoms with Gasteiger partial charge < -0.3 is 9.47 Å². The number of hydrogen-bond donors (Lipinski definition) is 0. The van der Waals surface area contributed by atoms with Crippen LogP contribution in [-0.4, -0.2) is 25.1 Å². The Hall–Kier alpha value is -1.49. The van der Waals surface area contributed by atoms with Crippen LogP contribution in [0.2, 0.25) is 0 Å². The molecule has 0 saturated heterocycles. The zero-order valence-corrected chi connectivity index (χ0v) is 9.65. The van der Waals surface area contributed by atoms with Gasteiger partial charge in [0.25, 0.3) is 0 Å². The van der Waals surface area contributed by atoms with Crippen molar-refractivity contribution in [1.29, 1.82) is 0 Å². The van der Waals surface area contributed by atoms with Gasteiger partial charge in [0.1, 0.15) is 12.4 Å². The molecule has 1 rings (SSSR count). The number of rotatable bonds is 6. The Morgan fingerprint density at radius 2 is 1.82 bits per heavy atom. The van der Waals surface area contributed by atoms with E-state index < -0.39 is 6.61 Å². The second-order valence-corrected chi connectivity index (χ2v) is 3.69. The molecular formula is C12H14F2O3. The topological polar surface area (TPSA) is 35.5 Å². The van der Waals surface area contributed by atoms with Gasteiger partial charge in [-0.2, -0.15) is 8.78 Å². The molecule has 5 heteroatoms. The molecule has 0 saturated carbocycles. The lowest BCUT2D eigenvalue weighted by atomic mass is 10.1. The molecule has 0 aliphatic heterocycles. The molecule has 0 radical (unpaired) electrons. The first-order valence-corrected chi connectivity index (χ1v) is 5.18. The standard InChI is InChI=1S/C12H14F2O3/c1-8(2)16-7-11(15)9-3-5-10(6-4-9)17-12(13)14/h3-6,8,12H,7H2,1-2H3. The number of alkyl halides is 2. The Morgan fingerprint density at radius 1 is 1.24 bits per heavy atom. The Bertz CT molecular complexity index is 361. The predicted molar refractivity (Wildman–Crippen MR) is 58.5 cm³/mol.